The van der Waals surface area contributed by atoms with E-state index in [1.54, 1.807) is 18.6 Å². The van der Waals surface area contributed by atoms with Gasteiger partial charge in [-0.1, -0.05) is 0 Å². The van der Waals surface area contributed by atoms with Crippen molar-refractivity contribution < 1.29 is 9.90 Å². The van der Waals surface area contributed by atoms with Gasteiger partial charge in [-0.25, -0.2) is 9.78 Å². The predicted octanol–water partition coefficient (Wildman–Crippen LogP) is 1.97. The fourth-order valence-electron chi connectivity index (χ4n) is 1.96. The van der Waals surface area contributed by atoms with Crippen LogP contribution in [0.1, 0.15) is 20.1 Å². The molecule has 0 bridgehead atoms. The van der Waals surface area contributed by atoms with Crippen molar-refractivity contribution >= 4 is 38.9 Å². The van der Waals surface area contributed by atoms with Gasteiger partial charge in [0.25, 0.3) is 5.56 Å². The lowest BCUT2D eigenvalue weighted by Crippen LogP contribution is -2.20. The zero-order chi connectivity index (χ0) is 14.3. The van der Waals surface area contributed by atoms with E-state index in [2.05, 4.69) is 9.97 Å². The molecule has 0 fully saturated rings. The number of nitrogens with zero attached hydrogens (tertiary/aromatic N) is 3. The van der Waals surface area contributed by atoms with Crippen molar-refractivity contribution in [3.05, 3.63) is 43.7 Å². The molecule has 0 radical (unpaired) electrons. The van der Waals surface area contributed by atoms with Gasteiger partial charge in [0.05, 0.1) is 23.8 Å². The van der Waals surface area contributed by atoms with Gasteiger partial charge in [0.15, 0.2) is 0 Å². The van der Waals surface area contributed by atoms with Crippen molar-refractivity contribution in [2.45, 2.75) is 13.5 Å². The summed E-state index contributed by atoms with van der Waals surface area (Å²) in [4.78, 5) is 33.3. The molecule has 3 aromatic heterocycles. The molecule has 3 rings (SSSR count). The molecule has 3 aromatic rings. The number of carboxylic acid groups (broad SMARTS) is 1. The fourth-order valence-corrected chi connectivity index (χ4v) is 3.53. The number of hydrogen-bond donors (Lipinski definition) is 1. The molecule has 20 heavy (non-hydrogen) atoms. The Bertz CT molecular complexity index is 849. The Morgan fingerprint density at radius 3 is 2.95 bits per heavy atom. The van der Waals surface area contributed by atoms with Gasteiger partial charge in [-0.2, -0.15) is 0 Å². The number of aryl methyl sites for hydroxylation is 1. The van der Waals surface area contributed by atoms with E-state index in [1.165, 1.54) is 22.2 Å². The maximum Gasteiger partial charge on any atom is 0.346 e. The molecule has 0 aliphatic carbocycles. The Morgan fingerprint density at radius 2 is 2.30 bits per heavy atom. The molecule has 3 heterocycles. The molecule has 0 unspecified atom stereocenters. The Labute approximate surface area is 121 Å². The molecular formula is C12H9N3O3S2. The monoisotopic (exact) mass is 307 g/mol. The number of hydrogen-bond acceptors (Lipinski definition) is 6. The number of aromatic nitrogens is 3. The molecule has 0 saturated heterocycles. The summed E-state index contributed by atoms with van der Waals surface area (Å²) in [5.41, 5.74) is 1.96. The third kappa shape index (κ3) is 2.02. The molecule has 6 nitrogen and oxygen atoms in total. The third-order valence-corrected chi connectivity index (χ3v) is 4.87. The summed E-state index contributed by atoms with van der Waals surface area (Å²) in [6, 6.07) is 0. The van der Waals surface area contributed by atoms with E-state index in [0.29, 0.717) is 22.3 Å². The van der Waals surface area contributed by atoms with E-state index in [9.17, 15) is 9.59 Å². The van der Waals surface area contributed by atoms with E-state index in [4.69, 9.17) is 5.11 Å². The van der Waals surface area contributed by atoms with Crippen LogP contribution >= 0.6 is 22.7 Å². The molecule has 8 heteroatoms. The van der Waals surface area contributed by atoms with Crippen LogP contribution in [0.25, 0.3) is 10.2 Å². The minimum absolute atomic E-state index is 0.167. The largest absolute Gasteiger partial charge is 0.477 e. The standard InChI is InChI=1S/C12H9N3O3S2/c1-6-8-10(20-9(6)12(17)18)14-4-15(11(8)16)3-7-2-13-5-19-7/h2,4-5H,3H2,1H3,(H,17,18). The first kappa shape index (κ1) is 12.9. The molecule has 0 aliphatic heterocycles. The second kappa shape index (κ2) is 4.80. The SMILES string of the molecule is Cc1c(C(=O)O)sc2ncn(Cc3cncs3)c(=O)c12. The maximum absolute atomic E-state index is 12.4. The Kier molecular flexibility index (Phi) is 3.11. The fraction of sp³-hybridized carbons (Fsp3) is 0.167. The van der Waals surface area contributed by atoms with Crippen LogP contribution in [-0.2, 0) is 6.54 Å². The molecule has 0 aromatic carbocycles. The highest BCUT2D eigenvalue weighted by atomic mass is 32.1. The lowest BCUT2D eigenvalue weighted by Gasteiger charge is -2.02. The third-order valence-electron chi connectivity index (χ3n) is 2.92. The van der Waals surface area contributed by atoms with Crippen molar-refractivity contribution in [1.29, 1.82) is 0 Å². The number of carboxylic acids is 1. The number of carbonyl (C=O) groups is 1. The van der Waals surface area contributed by atoms with Gasteiger partial charge in [-0.15, -0.1) is 22.7 Å². The van der Waals surface area contributed by atoms with Gasteiger partial charge in [-0.05, 0) is 12.5 Å². The highest BCUT2D eigenvalue weighted by Crippen LogP contribution is 2.26. The molecule has 0 atom stereocenters. The van der Waals surface area contributed by atoms with Gasteiger partial charge in [0.1, 0.15) is 9.71 Å². The first-order valence-corrected chi connectivity index (χ1v) is 7.36. The summed E-state index contributed by atoms with van der Waals surface area (Å²) < 4.78 is 1.47. The zero-order valence-electron chi connectivity index (χ0n) is 10.4. The van der Waals surface area contributed by atoms with Crippen LogP contribution in [0.2, 0.25) is 0 Å². The number of rotatable bonds is 3. The van der Waals surface area contributed by atoms with Gasteiger partial charge in [0, 0.05) is 11.1 Å². The quantitative estimate of drug-likeness (QED) is 0.799. The molecule has 0 amide bonds. The number of fused-ring (bicyclic) bond motifs is 1. The Balaban J connectivity index is 2.17. The van der Waals surface area contributed by atoms with Crippen LogP contribution in [0.5, 0.6) is 0 Å². The predicted molar refractivity (Wildman–Crippen MR) is 76.8 cm³/mol. The van der Waals surface area contributed by atoms with E-state index >= 15 is 0 Å². The van der Waals surface area contributed by atoms with Crippen LogP contribution in [-0.4, -0.2) is 25.6 Å². The summed E-state index contributed by atoms with van der Waals surface area (Å²) in [5.74, 6) is -1.03. The topological polar surface area (TPSA) is 85.1 Å². The van der Waals surface area contributed by atoms with Crippen LogP contribution in [0.3, 0.4) is 0 Å². The summed E-state index contributed by atoms with van der Waals surface area (Å²) in [6.07, 6.45) is 3.15. The minimum atomic E-state index is -1.03. The second-order valence-corrected chi connectivity index (χ2v) is 6.16. The number of thiazole rings is 1. The first-order chi connectivity index (χ1) is 9.58. The van der Waals surface area contributed by atoms with E-state index in [-0.39, 0.29) is 10.4 Å². The van der Waals surface area contributed by atoms with Crippen LogP contribution < -0.4 is 5.56 Å². The summed E-state index contributed by atoms with van der Waals surface area (Å²) in [6.45, 7) is 2.03. The van der Waals surface area contributed by atoms with E-state index in [1.807, 2.05) is 0 Å². The zero-order valence-corrected chi connectivity index (χ0v) is 12.0. The van der Waals surface area contributed by atoms with Crippen molar-refractivity contribution in [2.75, 3.05) is 0 Å². The maximum atomic E-state index is 12.4. The number of thiophene rings is 1. The summed E-state index contributed by atoms with van der Waals surface area (Å²) >= 11 is 2.49. The van der Waals surface area contributed by atoms with E-state index in [0.717, 1.165) is 16.2 Å². The van der Waals surface area contributed by atoms with E-state index < -0.39 is 5.97 Å². The lowest BCUT2D eigenvalue weighted by atomic mass is 10.2. The van der Waals surface area contributed by atoms with Crippen LogP contribution in [0, 0.1) is 6.92 Å². The average Bonchev–Trinajstić information content (AvgIpc) is 3.01. The second-order valence-electron chi connectivity index (χ2n) is 4.19. The molecule has 0 aliphatic rings. The Hall–Kier alpha value is -2.06. The van der Waals surface area contributed by atoms with Crippen LogP contribution in [0.4, 0.5) is 0 Å². The normalized spacial score (nSPS) is 11.1. The molecule has 0 saturated carbocycles. The first-order valence-electron chi connectivity index (χ1n) is 5.67. The summed E-state index contributed by atoms with van der Waals surface area (Å²) in [5, 5.41) is 9.49. The van der Waals surface area contributed by atoms with Crippen molar-refractivity contribution in [3.63, 3.8) is 0 Å². The van der Waals surface area contributed by atoms with Gasteiger partial charge < -0.3 is 5.11 Å². The molecule has 0 spiro atoms. The Morgan fingerprint density at radius 1 is 1.50 bits per heavy atom. The van der Waals surface area contributed by atoms with Crippen LogP contribution in [0.15, 0.2) is 22.8 Å². The number of aromatic carboxylic acids is 1. The van der Waals surface area contributed by atoms with Crippen molar-refractivity contribution in [1.82, 2.24) is 14.5 Å². The summed E-state index contributed by atoms with van der Waals surface area (Å²) in [7, 11) is 0. The van der Waals surface area contributed by atoms with Crippen molar-refractivity contribution in [2.24, 2.45) is 0 Å². The highest BCUT2D eigenvalue weighted by molar-refractivity contribution is 7.20. The minimum Gasteiger partial charge on any atom is -0.477 e. The van der Waals surface area contributed by atoms with Crippen molar-refractivity contribution in [3.8, 4) is 0 Å². The van der Waals surface area contributed by atoms with Gasteiger partial charge in [0.2, 0.25) is 0 Å². The highest BCUT2D eigenvalue weighted by Gasteiger charge is 2.18. The van der Waals surface area contributed by atoms with Gasteiger partial charge in [-0.3, -0.25) is 14.3 Å². The average molecular weight is 307 g/mol. The molecular weight excluding hydrogens is 298 g/mol. The molecule has 1 N–H and O–H groups in total. The lowest BCUT2D eigenvalue weighted by molar-refractivity contribution is 0.0701. The van der Waals surface area contributed by atoms with Gasteiger partial charge >= 0.3 is 5.97 Å². The molecule has 102 valence electrons. The smallest absolute Gasteiger partial charge is 0.346 e.